The van der Waals surface area contributed by atoms with Crippen molar-refractivity contribution in [2.75, 3.05) is 13.7 Å². The zero-order valence-corrected chi connectivity index (χ0v) is 15.7. The molecule has 2 rings (SSSR count). The second-order valence-corrected chi connectivity index (χ2v) is 6.83. The van der Waals surface area contributed by atoms with Crippen LogP contribution in [0.5, 0.6) is 11.5 Å². The number of rotatable bonds is 8. The van der Waals surface area contributed by atoms with Gasteiger partial charge in [-0.2, -0.15) is 0 Å². The fourth-order valence-corrected chi connectivity index (χ4v) is 2.76. The SMILES string of the molecule is COc1cc(CNCC(C)C)cc(Cl)c1OCc1ccccc1Cl. The van der Waals surface area contributed by atoms with Gasteiger partial charge < -0.3 is 14.8 Å². The maximum atomic E-state index is 6.40. The van der Waals surface area contributed by atoms with E-state index in [2.05, 4.69) is 19.2 Å². The normalized spacial score (nSPS) is 10.9. The first kappa shape index (κ1) is 18.9. The first-order valence-electron chi connectivity index (χ1n) is 7.94. The zero-order chi connectivity index (χ0) is 17.5. The highest BCUT2D eigenvalue weighted by Crippen LogP contribution is 2.37. The molecule has 0 amide bonds. The van der Waals surface area contributed by atoms with E-state index in [1.165, 1.54) is 0 Å². The van der Waals surface area contributed by atoms with Crippen LogP contribution >= 0.6 is 23.2 Å². The molecule has 2 aromatic rings. The average molecular weight is 368 g/mol. The lowest BCUT2D eigenvalue weighted by Gasteiger charge is -2.15. The summed E-state index contributed by atoms with van der Waals surface area (Å²) in [5, 5.41) is 4.59. The van der Waals surface area contributed by atoms with Crippen LogP contribution in [0.3, 0.4) is 0 Å². The molecular weight excluding hydrogens is 345 g/mol. The number of ether oxygens (including phenoxy) is 2. The van der Waals surface area contributed by atoms with Gasteiger partial charge in [0, 0.05) is 17.1 Å². The van der Waals surface area contributed by atoms with Gasteiger partial charge in [-0.3, -0.25) is 0 Å². The molecule has 1 N–H and O–H groups in total. The minimum absolute atomic E-state index is 0.334. The minimum atomic E-state index is 0.334. The molecule has 5 heteroatoms. The van der Waals surface area contributed by atoms with Gasteiger partial charge in [0.05, 0.1) is 12.1 Å². The Hall–Kier alpha value is -1.42. The number of halogens is 2. The third-order valence-corrected chi connectivity index (χ3v) is 4.15. The van der Waals surface area contributed by atoms with Crippen molar-refractivity contribution in [1.82, 2.24) is 5.32 Å². The van der Waals surface area contributed by atoms with E-state index in [1.807, 2.05) is 36.4 Å². The highest BCUT2D eigenvalue weighted by molar-refractivity contribution is 6.32. The van der Waals surface area contributed by atoms with E-state index >= 15 is 0 Å². The lowest BCUT2D eigenvalue weighted by Crippen LogP contribution is -2.19. The van der Waals surface area contributed by atoms with E-state index in [4.69, 9.17) is 32.7 Å². The summed E-state index contributed by atoms with van der Waals surface area (Å²) < 4.78 is 11.3. The van der Waals surface area contributed by atoms with Crippen LogP contribution in [0.25, 0.3) is 0 Å². The molecule has 0 saturated heterocycles. The van der Waals surface area contributed by atoms with Crippen molar-refractivity contribution in [3.8, 4) is 11.5 Å². The molecule has 130 valence electrons. The van der Waals surface area contributed by atoms with Crippen molar-refractivity contribution in [1.29, 1.82) is 0 Å². The topological polar surface area (TPSA) is 30.5 Å². The predicted octanol–water partition coefficient (Wildman–Crippen LogP) is 5.33. The van der Waals surface area contributed by atoms with Crippen LogP contribution in [0.2, 0.25) is 10.0 Å². The van der Waals surface area contributed by atoms with E-state index < -0.39 is 0 Å². The van der Waals surface area contributed by atoms with Crippen LogP contribution in [0.1, 0.15) is 25.0 Å². The summed E-state index contributed by atoms with van der Waals surface area (Å²) in [6, 6.07) is 11.4. The van der Waals surface area contributed by atoms with Crippen molar-refractivity contribution >= 4 is 23.2 Å². The Morgan fingerprint density at radius 2 is 1.83 bits per heavy atom. The van der Waals surface area contributed by atoms with Crippen molar-refractivity contribution in [2.24, 2.45) is 5.92 Å². The van der Waals surface area contributed by atoms with Gasteiger partial charge in [0.25, 0.3) is 0 Å². The fraction of sp³-hybridized carbons (Fsp3) is 0.368. The standard InChI is InChI=1S/C19H23Cl2NO2/c1-13(2)10-22-11-14-8-17(21)19(18(9-14)23-3)24-12-15-6-4-5-7-16(15)20/h4-9,13,22H,10-12H2,1-3H3. The van der Waals surface area contributed by atoms with Crippen LogP contribution in [0, 0.1) is 5.92 Å². The highest BCUT2D eigenvalue weighted by atomic mass is 35.5. The Labute approximate surface area is 153 Å². The zero-order valence-electron chi connectivity index (χ0n) is 14.2. The molecule has 2 aromatic carbocycles. The summed E-state index contributed by atoms with van der Waals surface area (Å²) in [7, 11) is 1.61. The van der Waals surface area contributed by atoms with Crippen LogP contribution in [0.15, 0.2) is 36.4 Å². The van der Waals surface area contributed by atoms with Crippen molar-refractivity contribution in [3.05, 3.63) is 57.6 Å². The molecular formula is C19H23Cl2NO2. The largest absolute Gasteiger partial charge is 0.493 e. The minimum Gasteiger partial charge on any atom is -0.493 e. The molecule has 0 atom stereocenters. The lowest BCUT2D eigenvalue weighted by atomic mass is 10.1. The van der Waals surface area contributed by atoms with Gasteiger partial charge in [-0.1, -0.05) is 55.2 Å². The van der Waals surface area contributed by atoms with Crippen molar-refractivity contribution < 1.29 is 9.47 Å². The van der Waals surface area contributed by atoms with Crippen LogP contribution < -0.4 is 14.8 Å². The van der Waals surface area contributed by atoms with Gasteiger partial charge in [-0.05, 0) is 36.2 Å². The molecule has 0 aliphatic carbocycles. The smallest absolute Gasteiger partial charge is 0.180 e. The van der Waals surface area contributed by atoms with Gasteiger partial charge in [0.15, 0.2) is 11.5 Å². The Bertz CT molecular complexity index is 674. The summed E-state index contributed by atoms with van der Waals surface area (Å²) in [5.74, 6) is 1.75. The molecule has 0 spiro atoms. The number of hydrogen-bond acceptors (Lipinski definition) is 3. The van der Waals surface area contributed by atoms with Crippen LogP contribution in [-0.4, -0.2) is 13.7 Å². The molecule has 0 unspecified atom stereocenters. The molecule has 0 aliphatic heterocycles. The van der Waals surface area contributed by atoms with Gasteiger partial charge >= 0.3 is 0 Å². The Kier molecular flexibility index (Phi) is 7.22. The van der Waals surface area contributed by atoms with Gasteiger partial charge in [-0.25, -0.2) is 0 Å². The number of benzene rings is 2. The molecule has 0 saturated carbocycles. The molecule has 0 aliphatic rings. The first-order valence-corrected chi connectivity index (χ1v) is 8.70. The lowest BCUT2D eigenvalue weighted by molar-refractivity contribution is 0.284. The molecule has 0 bridgehead atoms. The summed E-state index contributed by atoms with van der Waals surface area (Å²) in [4.78, 5) is 0. The molecule has 0 aromatic heterocycles. The van der Waals surface area contributed by atoms with Gasteiger partial charge in [0.1, 0.15) is 6.61 Å². The van der Waals surface area contributed by atoms with E-state index in [1.54, 1.807) is 7.11 Å². The highest BCUT2D eigenvalue weighted by Gasteiger charge is 2.13. The number of nitrogens with one attached hydrogen (secondary N) is 1. The Balaban J connectivity index is 2.10. The maximum Gasteiger partial charge on any atom is 0.180 e. The molecule has 3 nitrogen and oxygen atoms in total. The van der Waals surface area contributed by atoms with Crippen molar-refractivity contribution in [3.63, 3.8) is 0 Å². The van der Waals surface area contributed by atoms with E-state index in [9.17, 15) is 0 Å². The Morgan fingerprint density at radius 3 is 2.50 bits per heavy atom. The quantitative estimate of drug-likeness (QED) is 0.684. The van der Waals surface area contributed by atoms with Crippen LogP contribution in [0.4, 0.5) is 0 Å². The maximum absolute atomic E-state index is 6.40. The summed E-state index contributed by atoms with van der Waals surface area (Å²) in [6.45, 7) is 6.36. The van der Waals surface area contributed by atoms with Crippen LogP contribution in [-0.2, 0) is 13.2 Å². The molecule has 0 heterocycles. The second kappa shape index (κ2) is 9.16. The molecule has 0 radical (unpaired) electrons. The monoisotopic (exact) mass is 367 g/mol. The van der Waals surface area contributed by atoms with E-state index in [-0.39, 0.29) is 0 Å². The third-order valence-electron chi connectivity index (χ3n) is 3.50. The number of methoxy groups -OCH3 is 1. The summed E-state index contributed by atoms with van der Waals surface area (Å²) >= 11 is 12.6. The second-order valence-electron chi connectivity index (χ2n) is 6.01. The third kappa shape index (κ3) is 5.30. The van der Waals surface area contributed by atoms with E-state index in [0.29, 0.717) is 34.1 Å². The molecule has 0 fully saturated rings. The number of hydrogen-bond donors (Lipinski definition) is 1. The van der Waals surface area contributed by atoms with E-state index in [0.717, 1.165) is 24.2 Å². The average Bonchev–Trinajstić information content (AvgIpc) is 2.54. The van der Waals surface area contributed by atoms with Gasteiger partial charge in [0.2, 0.25) is 0 Å². The predicted molar refractivity (Wildman–Crippen MR) is 100 cm³/mol. The summed E-state index contributed by atoms with van der Waals surface area (Å²) in [6.07, 6.45) is 0. The van der Waals surface area contributed by atoms with Crippen molar-refractivity contribution in [2.45, 2.75) is 27.0 Å². The fourth-order valence-electron chi connectivity index (χ4n) is 2.29. The molecule has 24 heavy (non-hydrogen) atoms. The first-order chi connectivity index (χ1) is 11.5. The van der Waals surface area contributed by atoms with Gasteiger partial charge in [-0.15, -0.1) is 0 Å². The summed E-state index contributed by atoms with van der Waals surface area (Å²) in [5.41, 5.74) is 1.96. The Morgan fingerprint density at radius 1 is 1.08 bits per heavy atom.